The minimum atomic E-state index is -1.02. The normalized spacial score (nSPS) is 19.2. The van der Waals surface area contributed by atoms with Crippen molar-refractivity contribution in [2.75, 3.05) is 6.54 Å². The number of hydrogen-bond acceptors (Lipinski definition) is 4. The second-order valence-electron chi connectivity index (χ2n) is 2.59. The van der Waals surface area contributed by atoms with Gasteiger partial charge in [-0.2, -0.15) is 0 Å². The third-order valence-corrected chi connectivity index (χ3v) is 1.72. The molecule has 0 saturated heterocycles. The predicted octanol–water partition coefficient (Wildman–Crippen LogP) is -0.159. The van der Waals surface area contributed by atoms with Crippen LogP contribution in [0.1, 0.15) is 0 Å². The van der Waals surface area contributed by atoms with Gasteiger partial charge in [-0.15, -0.1) is 0 Å². The first-order chi connectivity index (χ1) is 6.27. The number of nitrogens with zero attached hydrogens (tertiary/aromatic N) is 2. The van der Waals surface area contributed by atoms with Gasteiger partial charge in [0.2, 0.25) is 0 Å². The van der Waals surface area contributed by atoms with Gasteiger partial charge in [0.25, 0.3) is 0 Å². The highest BCUT2D eigenvalue weighted by molar-refractivity contribution is 5.73. The van der Waals surface area contributed by atoms with Crippen molar-refractivity contribution in [2.24, 2.45) is 4.99 Å². The van der Waals surface area contributed by atoms with Gasteiger partial charge in [0.05, 0.1) is 12.2 Å². The summed E-state index contributed by atoms with van der Waals surface area (Å²) < 4.78 is 0. The fraction of sp³-hybridized carbons (Fsp3) is 0.143. The molecular weight excluding hydrogens is 172 g/mol. The topological polar surface area (TPSA) is 77.0 Å². The Balaban J connectivity index is 2.16. The number of aliphatic imine (C=N–C) groups is 1. The van der Waals surface area contributed by atoms with E-state index in [-0.39, 0.29) is 6.54 Å². The zero-order valence-corrected chi connectivity index (χ0v) is 6.69. The van der Waals surface area contributed by atoms with Crippen molar-refractivity contribution in [3.8, 4) is 0 Å². The first-order valence-electron chi connectivity index (χ1n) is 3.73. The number of nitrogens with one attached hydrogen (secondary N) is 2. The third kappa shape index (κ3) is 1.33. The Morgan fingerprint density at radius 1 is 1.69 bits per heavy atom. The molecule has 0 fully saturated rings. The number of allylic oxidation sites excluding steroid dienone is 1. The molecule has 1 amide bonds. The second kappa shape index (κ2) is 2.81. The van der Waals surface area contributed by atoms with Crippen molar-refractivity contribution in [3.05, 3.63) is 23.8 Å². The lowest BCUT2D eigenvalue weighted by atomic mass is 10.4. The Bertz CT molecular complexity index is 331. The number of carboxylic acid groups (broad SMARTS) is 1. The quantitative estimate of drug-likeness (QED) is 0.484. The molecular formula is C7H8N4O2. The van der Waals surface area contributed by atoms with E-state index >= 15 is 0 Å². The minimum Gasteiger partial charge on any atom is -0.464 e. The Morgan fingerprint density at radius 2 is 2.54 bits per heavy atom. The van der Waals surface area contributed by atoms with Gasteiger partial charge in [0.15, 0.2) is 5.82 Å². The summed E-state index contributed by atoms with van der Waals surface area (Å²) in [5, 5.41) is 12.7. The smallest absolute Gasteiger partial charge is 0.426 e. The van der Waals surface area contributed by atoms with Crippen molar-refractivity contribution >= 4 is 12.3 Å². The van der Waals surface area contributed by atoms with Crippen LogP contribution in [0.25, 0.3) is 0 Å². The van der Waals surface area contributed by atoms with Crippen molar-refractivity contribution < 1.29 is 9.90 Å². The molecule has 2 aliphatic heterocycles. The van der Waals surface area contributed by atoms with Gasteiger partial charge in [0, 0.05) is 12.4 Å². The lowest BCUT2D eigenvalue weighted by Gasteiger charge is -2.11. The maximum atomic E-state index is 10.6. The molecule has 0 aromatic heterocycles. The predicted molar refractivity (Wildman–Crippen MR) is 45.7 cm³/mol. The van der Waals surface area contributed by atoms with Gasteiger partial charge in [-0.1, -0.05) is 0 Å². The third-order valence-electron chi connectivity index (χ3n) is 1.72. The van der Waals surface area contributed by atoms with Crippen LogP contribution < -0.4 is 10.7 Å². The number of hydrazine groups is 1. The highest BCUT2D eigenvalue weighted by Crippen LogP contribution is 2.12. The minimum absolute atomic E-state index is 0.284. The van der Waals surface area contributed by atoms with Crippen LogP contribution in [0, 0.1) is 0 Å². The molecule has 2 aliphatic rings. The van der Waals surface area contributed by atoms with Crippen molar-refractivity contribution in [3.63, 3.8) is 0 Å². The summed E-state index contributed by atoms with van der Waals surface area (Å²) in [6, 6.07) is 0. The number of carbonyl (C=O) groups is 1. The van der Waals surface area contributed by atoms with E-state index in [1.165, 1.54) is 0 Å². The Morgan fingerprint density at radius 3 is 3.31 bits per heavy atom. The SMILES string of the molecule is O=C(O)N1CC2=C(N=CC=CN2)N1. The molecule has 0 aromatic carbocycles. The Hall–Kier alpha value is -1.98. The Labute approximate surface area is 74.2 Å². The molecule has 2 rings (SSSR count). The van der Waals surface area contributed by atoms with Gasteiger partial charge in [-0.3, -0.25) is 5.43 Å². The number of rotatable bonds is 0. The van der Waals surface area contributed by atoms with Crippen molar-refractivity contribution in [2.45, 2.75) is 0 Å². The molecule has 0 bridgehead atoms. The van der Waals surface area contributed by atoms with E-state index < -0.39 is 6.09 Å². The van der Waals surface area contributed by atoms with E-state index in [2.05, 4.69) is 15.7 Å². The maximum absolute atomic E-state index is 10.6. The molecule has 68 valence electrons. The Kier molecular flexibility index (Phi) is 1.66. The monoisotopic (exact) mass is 180 g/mol. The largest absolute Gasteiger partial charge is 0.464 e. The summed E-state index contributed by atoms with van der Waals surface area (Å²) in [6.07, 6.45) is 4.02. The van der Waals surface area contributed by atoms with E-state index in [0.29, 0.717) is 5.82 Å². The zero-order valence-electron chi connectivity index (χ0n) is 6.69. The second-order valence-corrected chi connectivity index (χ2v) is 2.59. The molecule has 0 atom stereocenters. The summed E-state index contributed by atoms with van der Waals surface area (Å²) in [4.78, 5) is 14.6. The standard InChI is InChI=1S/C7H8N4O2/c12-7(13)11-4-5-6(10-11)9-3-1-2-8-5/h1-3,8,10H,4H2,(H,12,13). The molecule has 0 spiro atoms. The van der Waals surface area contributed by atoms with Gasteiger partial charge >= 0.3 is 6.09 Å². The van der Waals surface area contributed by atoms with Crippen LogP contribution in [0.2, 0.25) is 0 Å². The van der Waals surface area contributed by atoms with Gasteiger partial charge < -0.3 is 10.4 Å². The zero-order chi connectivity index (χ0) is 9.26. The molecule has 6 heteroatoms. The van der Waals surface area contributed by atoms with Crippen LogP contribution in [0.5, 0.6) is 0 Å². The van der Waals surface area contributed by atoms with Crippen molar-refractivity contribution in [1.82, 2.24) is 15.8 Å². The molecule has 13 heavy (non-hydrogen) atoms. The summed E-state index contributed by atoms with van der Waals surface area (Å²) in [7, 11) is 0. The van der Waals surface area contributed by atoms with E-state index in [4.69, 9.17) is 5.11 Å². The highest BCUT2D eigenvalue weighted by Gasteiger charge is 2.24. The van der Waals surface area contributed by atoms with Gasteiger partial charge in [-0.25, -0.2) is 14.8 Å². The molecule has 0 radical (unpaired) electrons. The van der Waals surface area contributed by atoms with Gasteiger partial charge in [0.1, 0.15) is 0 Å². The number of amides is 1. The average Bonchev–Trinajstić information content (AvgIpc) is 2.38. The molecule has 3 N–H and O–H groups in total. The maximum Gasteiger partial charge on any atom is 0.426 e. The first kappa shape index (κ1) is 7.66. The van der Waals surface area contributed by atoms with Gasteiger partial charge in [-0.05, 0) is 6.08 Å². The van der Waals surface area contributed by atoms with E-state index in [1.807, 2.05) is 0 Å². The number of hydrogen-bond donors (Lipinski definition) is 3. The van der Waals surface area contributed by atoms with Crippen LogP contribution in [0.15, 0.2) is 28.8 Å². The van der Waals surface area contributed by atoms with Crippen LogP contribution in [-0.4, -0.2) is 29.0 Å². The molecule has 0 saturated carbocycles. The molecule has 0 unspecified atom stereocenters. The van der Waals surface area contributed by atoms with E-state index in [9.17, 15) is 4.79 Å². The molecule has 0 aliphatic carbocycles. The lowest BCUT2D eigenvalue weighted by Crippen LogP contribution is -2.37. The van der Waals surface area contributed by atoms with Crippen LogP contribution >= 0.6 is 0 Å². The van der Waals surface area contributed by atoms with E-state index in [0.717, 1.165) is 10.7 Å². The van der Waals surface area contributed by atoms with E-state index in [1.54, 1.807) is 18.5 Å². The fourth-order valence-corrected chi connectivity index (χ4v) is 1.11. The van der Waals surface area contributed by atoms with Crippen LogP contribution in [-0.2, 0) is 0 Å². The summed E-state index contributed by atoms with van der Waals surface area (Å²) >= 11 is 0. The molecule has 0 aromatic rings. The molecule has 2 heterocycles. The highest BCUT2D eigenvalue weighted by atomic mass is 16.4. The summed E-state index contributed by atoms with van der Waals surface area (Å²) in [5.74, 6) is 0.549. The average molecular weight is 180 g/mol. The lowest BCUT2D eigenvalue weighted by molar-refractivity contribution is 0.139. The molecule has 6 nitrogen and oxygen atoms in total. The first-order valence-corrected chi connectivity index (χ1v) is 3.73. The van der Waals surface area contributed by atoms with Crippen LogP contribution in [0.4, 0.5) is 4.79 Å². The van der Waals surface area contributed by atoms with Crippen molar-refractivity contribution in [1.29, 1.82) is 0 Å². The summed E-state index contributed by atoms with van der Waals surface area (Å²) in [6.45, 7) is 0.284. The fourth-order valence-electron chi connectivity index (χ4n) is 1.11. The van der Waals surface area contributed by atoms with Crippen LogP contribution in [0.3, 0.4) is 0 Å². The summed E-state index contributed by atoms with van der Waals surface area (Å²) in [5.41, 5.74) is 3.40.